The highest BCUT2D eigenvalue weighted by Crippen LogP contribution is 2.28. The summed E-state index contributed by atoms with van der Waals surface area (Å²) < 4.78 is 0. The number of amides is 1. The summed E-state index contributed by atoms with van der Waals surface area (Å²) in [5, 5.41) is 6.41. The van der Waals surface area contributed by atoms with Gasteiger partial charge in [0.2, 0.25) is 0 Å². The minimum absolute atomic E-state index is 0.00414. The molecular formula is C12H12N2O2S2. The van der Waals surface area contributed by atoms with Crippen LogP contribution in [0.1, 0.15) is 12.1 Å². The average Bonchev–Trinajstić information content (AvgIpc) is 3.12. The van der Waals surface area contributed by atoms with Crippen LogP contribution in [0.2, 0.25) is 0 Å². The van der Waals surface area contributed by atoms with E-state index in [2.05, 4.69) is 4.98 Å². The van der Waals surface area contributed by atoms with Gasteiger partial charge in [0.15, 0.2) is 0 Å². The molecule has 2 aromatic heterocycles. The van der Waals surface area contributed by atoms with E-state index in [1.54, 1.807) is 22.7 Å². The largest absolute Gasteiger partial charge is 0.272 e. The number of hydrogen-bond donors (Lipinski definition) is 0. The first-order chi connectivity index (χ1) is 8.83. The van der Waals surface area contributed by atoms with Crippen molar-refractivity contribution in [2.45, 2.75) is 12.8 Å². The smallest absolute Gasteiger partial charge is 0.252 e. The summed E-state index contributed by atoms with van der Waals surface area (Å²) in [5.74, 6) is -0.00414. The monoisotopic (exact) mass is 280 g/mol. The predicted octanol–water partition coefficient (Wildman–Crippen LogP) is 2.58. The van der Waals surface area contributed by atoms with E-state index in [1.807, 2.05) is 22.9 Å². The van der Waals surface area contributed by atoms with Crippen molar-refractivity contribution in [2.24, 2.45) is 0 Å². The number of rotatable bonds is 3. The summed E-state index contributed by atoms with van der Waals surface area (Å²) in [4.78, 5) is 22.7. The number of hydroxylamine groups is 2. The summed E-state index contributed by atoms with van der Waals surface area (Å²) in [5.41, 5.74) is 0.823. The first-order valence-electron chi connectivity index (χ1n) is 5.74. The third kappa shape index (κ3) is 2.45. The Bertz CT molecular complexity index is 530. The maximum atomic E-state index is 11.9. The van der Waals surface area contributed by atoms with Gasteiger partial charge in [0, 0.05) is 5.38 Å². The number of thiazole rings is 1. The van der Waals surface area contributed by atoms with Gasteiger partial charge in [0.05, 0.1) is 30.1 Å². The van der Waals surface area contributed by atoms with E-state index < -0.39 is 0 Å². The van der Waals surface area contributed by atoms with E-state index in [-0.39, 0.29) is 5.91 Å². The molecule has 4 nitrogen and oxygen atoms in total. The molecule has 1 aliphatic heterocycles. The van der Waals surface area contributed by atoms with Crippen LogP contribution in [0.5, 0.6) is 0 Å². The van der Waals surface area contributed by atoms with E-state index in [4.69, 9.17) is 4.84 Å². The molecule has 1 saturated heterocycles. The molecular weight excluding hydrogens is 268 g/mol. The Morgan fingerprint density at radius 3 is 3.17 bits per heavy atom. The second-order valence-electron chi connectivity index (χ2n) is 3.98. The van der Waals surface area contributed by atoms with Crippen LogP contribution in [0.4, 0.5) is 0 Å². The normalized spacial score (nSPS) is 15.2. The van der Waals surface area contributed by atoms with Crippen LogP contribution < -0.4 is 0 Å². The first-order valence-corrected chi connectivity index (χ1v) is 7.50. The average molecular weight is 280 g/mol. The van der Waals surface area contributed by atoms with Gasteiger partial charge in [-0.2, -0.15) is 0 Å². The Labute approximate surface area is 113 Å². The molecule has 0 aliphatic carbocycles. The lowest BCUT2D eigenvalue weighted by Crippen LogP contribution is -2.28. The summed E-state index contributed by atoms with van der Waals surface area (Å²) in [6.07, 6.45) is 1.24. The SMILES string of the molecule is O=C(Cc1csc(-c2cccs2)n1)N1CCCO1. The van der Waals surface area contributed by atoms with Crippen molar-refractivity contribution in [3.8, 4) is 9.88 Å². The van der Waals surface area contributed by atoms with Crippen LogP contribution in [0.15, 0.2) is 22.9 Å². The fourth-order valence-corrected chi connectivity index (χ4v) is 3.42. The Balaban J connectivity index is 1.68. The lowest BCUT2D eigenvalue weighted by atomic mass is 10.3. The van der Waals surface area contributed by atoms with Crippen LogP contribution in [0, 0.1) is 0 Å². The molecule has 2 aromatic rings. The van der Waals surface area contributed by atoms with Gasteiger partial charge in [0.1, 0.15) is 5.01 Å². The van der Waals surface area contributed by atoms with Crippen LogP contribution in [0.3, 0.4) is 0 Å². The van der Waals surface area contributed by atoms with Gasteiger partial charge in [-0.3, -0.25) is 9.63 Å². The van der Waals surface area contributed by atoms with Crippen LogP contribution in [0.25, 0.3) is 9.88 Å². The minimum atomic E-state index is -0.00414. The van der Waals surface area contributed by atoms with Crippen molar-refractivity contribution in [3.05, 3.63) is 28.6 Å². The van der Waals surface area contributed by atoms with Crippen LogP contribution in [-0.4, -0.2) is 29.1 Å². The molecule has 6 heteroatoms. The lowest BCUT2D eigenvalue weighted by molar-refractivity contribution is -0.167. The number of nitrogens with zero attached hydrogens (tertiary/aromatic N) is 2. The number of hydrogen-bond acceptors (Lipinski definition) is 5. The van der Waals surface area contributed by atoms with Gasteiger partial charge in [-0.25, -0.2) is 10.0 Å². The second kappa shape index (κ2) is 5.17. The number of aromatic nitrogens is 1. The van der Waals surface area contributed by atoms with E-state index in [0.29, 0.717) is 19.6 Å². The van der Waals surface area contributed by atoms with Crippen LogP contribution >= 0.6 is 22.7 Å². The molecule has 0 saturated carbocycles. The molecule has 0 aromatic carbocycles. The number of thiophene rings is 1. The molecule has 0 unspecified atom stereocenters. The van der Waals surface area contributed by atoms with Gasteiger partial charge in [-0.05, 0) is 17.9 Å². The van der Waals surface area contributed by atoms with Crippen LogP contribution in [-0.2, 0) is 16.1 Å². The van der Waals surface area contributed by atoms with Gasteiger partial charge in [-0.15, -0.1) is 22.7 Å². The van der Waals surface area contributed by atoms with Crippen molar-refractivity contribution in [2.75, 3.05) is 13.2 Å². The maximum Gasteiger partial charge on any atom is 0.252 e. The Kier molecular flexibility index (Phi) is 3.40. The molecule has 1 amide bonds. The molecule has 0 spiro atoms. The highest BCUT2D eigenvalue weighted by Gasteiger charge is 2.20. The van der Waals surface area contributed by atoms with Gasteiger partial charge in [-0.1, -0.05) is 6.07 Å². The third-order valence-electron chi connectivity index (χ3n) is 2.65. The zero-order valence-corrected chi connectivity index (χ0v) is 11.3. The molecule has 0 atom stereocenters. The molecule has 18 heavy (non-hydrogen) atoms. The second-order valence-corrected chi connectivity index (χ2v) is 5.79. The molecule has 3 heterocycles. The highest BCUT2D eigenvalue weighted by atomic mass is 32.1. The Morgan fingerprint density at radius 1 is 1.50 bits per heavy atom. The molecule has 1 fully saturated rings. The van der Waals surface area contributed by atoms with Crippen molar-refractivity contribution in [1.82, 2.24) is 10.0 Å². The lowest BCUT2D eigenvalue weighted by Gasteiger charge is -2.12. The van der Waals surface area contributed by atoms with Crippen molar-refractivity contribution < 1.29 is 9.63 Å². The summed E-state index contributed by atoms with van der Waals surface area (Å²) in [7, 11) is 0. The first kappa shape index (κ1) is 11.8. The highest BCUT2D eigenvalue weighted by molar-refractivity contribution is 7.20. The van der Waals surface area contributed by atoms with Gasteiger partial charge < -0.3 is 0 Å². The topological polar surface area (TPSA) is 42.4 Å². The Hall–Kier alpha value is -1.24. The number of carbonyl (C=O) groups is 1. The molecule has 94 valence electrons. The molecule has 0 bridgehead atoms. The van der Waals surface area contributed by atoms with E-state index in [0.717, 1.165) is 22.0 Å². The quantitative estimate of drug-likeness (QED) is 0.868. The summed E-state index contributed by atoms with van der Waals surface area (Å²) in [6, 6.07) is 4.04. The van der Waals surface area contributed by atoms with Crippen molar-refractivity contribution in [1.29, 1.82) is 0 Å². The van der Waals surface area contributed by atoms with Gasteiger partial charge >= 0.3 is 0 Å². The van der Waals surface area contributed by atoms with Crippen molar-refractivity contribution in [3.63, 3.8) is 0 Å². The Morgan fingerprint density at radius 2 is 2.44 bits per heavy atom. The predicted molar refractivity (Wildman–Crippen MR) is 71.4 cm³/mol. The zero-order chi connectivity index (χ0) is 12.4. The fourth-order valence-electron chi connectivity index (χ4n) is 1.79. The zero-order valence-electron chi connectivity index (χ0n) is 9.67. The summed E-state index contributed by atoms with van der Waals surface area (Å²) in [6.45, 7) is 1.34. The van der Waals surface area contributed by atoms with E-state index in [9.17, 15) is 4.79 Å². The van der Waals surface area contributed by atoms with E-state index >= 15 is 0 Å². The standard InChI is InChI=1S/C12H12N2O2S2/c15-11(14-4-2-5-16-14)7-9-8-18-12(13-9)10-3-1-6-17-10/h1,3,6,8H,2,4-5,7H2. The third-order valence-corrected chi connectivity index (χ3v) is 4.58. The number of carbonyl (C=O) groups excluding carboxylic acids is 1. The van der Waals surface area contributed by atoms with Gasteiger partial charge in [0.25, 0.3) is 5.91 Å². The fraction of sp³-hybridized carbons (Fsp3) is 0.333. The molecule has 1 aliphatic rings. The van der Waals surface area contributed by atoms with Crippen molar-refractivity contribution >= 4 is 28.6 Å². The maximum absolute atomic E-state index is 11.9. The van der Waals surface area contributed by atoms with E-state index in [1.165, 1.54) is 5.06 Å². The minimum Gasteiger partial charge on any atom is -0.272 e. The molecule has 3 rings (SSSR count). The summed E-state index contributed by atoms with van der Waals surface area (Å²) >= 11 is 3.24. The molecule has 0 N–H and O–H groups in total. The molecule has 0 radical (unpaired) electrons.